The molecule has 2 unspecified atom stereocenters. The zero-order valence-electron chi connectivity index (χ0n) is 23.2. The molecule has 44 heavy (non-hydrogen) atoms. The van der Waals surface area contributed by atoms with Gasteiger partial charge in [-0.1, -0.05) is 12.1 Å². The minimum atomic E-state index is -1.92. The highest BCUT2D eigenvalue weighted by atomic mass is 32.2. The number of β-lactam (4-membered cyclic amide) rings is 1. The molecular weight excluding hydrogens is 604 g/mol. The van der Waals surface area contributed by atoms with Crippen molar-refractivity contribution in [2.24, 2.45) is 0 Å². The van der Waals surface area contributed by atoms with Crippen molar-refractivity contribution >= 4 is 47.3 Å². The molecule has 6 rings (SSSR count). The molecule has 0 radical (unpaired) electrons. The van der Waals surface area contributed by atoms with Crippen molar-refractivity contribution in [1.82, 2.24) is 14.7 Å². The Hall–Kier alpha value is -5.19. The molecule has 17 heteroatoms. The monoisotopic (exact) mass is 626 g/mol. The smallest absolute Gasteiger partial charge is 0.333 e. The summed E-state index contributed by atoms with van der Waals surface area (Å²) in [5, 5.41) is 9.30. The lowest BCUT2D eigenvalue weighted by Gasteiger charge is -2.57. The maximum absolute atomic E-state index is 13.6. The van der Waals surface area contributed by atoms with Gasteiger partial charge < -0.3 is 23.9 Å². The highest BCUT2D eigenvalue weighted by Crippen LogP contribution is 2.48. The molecule has 0 N–H and O–H groups in total. The molecule has 0 aliphatic carbocycles. The number of thioether (sulfide) groups is 1. The van der Waals surface area contributed by atoms with Crippen LogP contribution in [0.15, 0.2) is 36.4 Å². The predicted octanol–water partition coefficient (Wildman–Crippen LogP) is 0.716. The summed E-state index contributed by atoms with van der Waals surface area (Å²) in [5.41, 5.74) is -1.73. The first-order chi connectivity index (χ1) is 20.9. The van der Waals surface area contributed by atoms with Crippen LogP contribution in [0.5, 0.6) is 11.5 Å². The van der Waals surface area contributed by atoms with Crippen LogP contribution in [-0.2, 0) is 19.2 Å². The van der Waals surface area contributed by atoms with E-state index in [4.69, 9.17) is 19.0 Å². The first-order valence-corrected chi connectivity index (χ1v) is 14.0. The normalized spacial score (nSPS) is 25.3. The Bertz CT molecular complexity index is 1620. The van der Waals surface area contributed by atoms with Crippen molar-refractivity contribution < 1.29 is 52.9 Å². The SMILES string of the molecule is COc1cc2c(cc1OC)C(=O)N(C1C(=O)N3C(C(=O)OCN4C(=O)c5ccccc5C4=O)[C@](C)(O[N+](=O)[O-])CS[C@@H]13)C2=O. The third kappa shape index (κ3) is 4.06. The molecule has 4 aliphatic heterocycles. The maximum atomic E-state index is 13.6. The standard InChI is InChI=1S/C27H22N4O12S/c1-27(43-31(38)39)10-44-25-18(29-22(34)14-8-16(40-2)17(41-3)9-15(14)23(29)35)24(36)30(25)19(27)26(37)42-11-28-20(32)12-6-4-5-7-13(12)21(28)33/h4-9,18-19,25H,10-11H2,1-3H3/t18?,19?,25-,27+/m0/s1. The van der Waals surface area contributed by atoms with Gasteiger partial charge in [-0.2, -0.15) is 0 Å². The molecule has 0 aromatic heterocycles. The van der Waals surface area contributed by atoms with E-state index >= 15 is 0 Å². The van der Waals surface area contributed by atoms with E-state index in [-0.39, 0.29) is 39.5 Å². The summed E-state index contributed by atoms with van der Waals surface area (Å²) in [6, 6.07) is 5.57. The number of nitrogens with zero attached hydrogens (tertiary/aromatic N) is 4. The number of fused-ring (bicyclic) bond motifs is 3. The number of carbonyl (C=O) groups is 6. The Morgan fingerprint density at radius 1 is 0.955 bits per heavy atom. The Morgan fingerprint density at radius 2 is 1.50 bits per heavy atom. The Morgan fingerprint density at radius 3 is 2.00 bits per heavy atom. The minimum absolute atomic E-state index is 0.0156. The van der Waals surface area contributed by atoms with Crippen molar-refractivity contribution in [2.75, 3.05) is 26.7 Å². The van der Waals surface area contributed by atoms with Gasteiger partial charge >= 0.3 is 5.97 Å². The van der Waals surface area contributed by atoms with E-state index in [1.165, 1.54) is 45.4 Å². The number of ether oxygens (including phenoxy) is 3. The van der Waals surface area contributed by atoms with Crippen LogP contribution in [0, 0.1) is 10.1 Å². The first kappa shape index (κ1) is 28.9. The van der Waals surface area contributed by atoms with Gasteiger partial charge in [0.05, 0.1) is 36.5 Å². The molecule has 0 saturated carbocycles. The molecule has 16 nitrogen and oxygen atoms in total. The fraction of sp³-hybridized carbons (Fsp3) is 0.333. The number of methoxy groups -OCH3 is 2. The fourth-order valence-electron chi connectivity index (χ4n) is 5.79. The van der Waals surface area contributed by atoms with E-state index in [2.05, 4.69) is 0 Å². The van der Waals surface area contributed by atoms with Crippen molar-refractivity contribution in [3.8, 4) is 11.5 Å². The van der Waals surface area contributed by atoms with Crippen LogP contribution in [0.4, 0.5) is 0 Å². The van der Waals surface area contributed by atoms with Crippen LogP contribution in [0.25, 0.3) is 0 Å². The van der Waals surface area contributed by atoms with E-state index in [1.54, 1.807) is 12.1 Å². The van der Waals surface area contributed by atoms with E-state index in [9.17, 15) is 38.9 Å². The zero-order valence-corrected chi connectivity index (χ0v) is 24.0. The van der Waals surface area contributed by atoms with Crippen LogP contribution in [-0.4, -0.2) is 105 Å². The second-order valence-electron chi connectivity index (χ2n) is 10.3. The number of carbonyl (C=O) groups excluding carboxylic acids is 6. The molecule has 228 valence electrons. The summed E-state index contributed by atoms with van der Waals surface area (Å²) < 4.78 is 15.7. The van der Waals surface area contributed by atoms with Gasteiger partial charge in [0.2, 0.25) is 0 Å². The van der Waals surface area contributed by atoms with Gasteiger partial charge in [0.25, 0.3) is 34.6 Å². The summed E-state index contributed by atoms with van der Waals surface area (Å²) in [7, 11) is 2.71. The van der Waals surface area contributed by atoms with Gasteiger partial charge in [0.15, 0.2) is 29.9 Å². The van der Waals surface area contributed by atoms with Crippen molar-refractivity contribution in [3.63, 3.8) is 0 Å². The van der Waals surface area contributed by atoms with Gasteiger partial charge in [0, 0.05) is 5.75 Å². The van der Waals surface area contributed by atoms with E-state index in [1.807, 2.05) is 0 Å². The van der Waals surface area contributed by atoms with Gasteiger partial charge in [-0.15, -0.1) is 21.9 Å². The highest BCUT2D eigenvalue weighted by molar-refractivity contribution is 8.00. The number of imide groups is 2. The molecule has 0 spiro atoms. The van der Waals surface area contributed by atoms with Crippen LogP contribution in [0.2, 0.25) is 0 Å². The predicted molar refractivity (Wildman–Crippen MR) is 145 cm³/mol. The molecule has 2 aromatic rings. The largest absolute Gasteiger partial charge is 0.493 e. The van der Waals surface area contributed by atoms with E-state index < -0.39 is 70.4 Å². The van der Waals surface area contributed by atoms with Gasteiger partial charge in [-0.25, -0.2) is 9.69 Å². The average molecular weight is 627 g/mol. The van der Waals surface area contributed by atoms with E-state index in [0.717, 1.165) is 21.6 Å². The van der Waals surface area contributed by atoms with Crippen LogP contribution in [0.3, 0.4) is 0 Å². The van der Waals surface area contributed by atoms with E-state index in [0.29, 0.717) is 4.90 Å². The lowest BCUT2D eigenvalue weighted by atomic mass is 9.90. The molecule has 2 fully saturated rings. The second-order valence-corrected chi connectivity index (χ2v) is 11.4. The average Bonchev–Trinajstić information content (AvgIpc) is 3.38. The van der Waals surface area contributed by atoms with Crippen molar-refractivity contribution in [1.29, 1.82) is 0 Å². The summed E-state index contributed by atoms with van der Waals surface area (Å²) in [6.45, 7) is 0.399. The fourth-order valence-corrected chi connectivity index (χ4v) is 7.31. The summed E-state index contributed by atoms with van der Waals surface area (Å²) >= 11 is 0.969. The number of amides is 5. The first-order valence-electron chi connectivity index (χ1n) is 13.0. The molecule has 2 aromatic carbocycles. The van der Waals surface area contributed by atoms with Gasteiger partial charge in [-0.3, -0.25) is 28.9 Å². The Kier molecular flexibility index (Phi) is 6.71. The quantitative estimate of drug-likeness (QED) is 0.131. The number of hydrogen-bond donors (Lipinski definition) is 0. The number of benzene rings is 2. The van der Waals surface area contributed by atoms with Crippen LogP contribution in [0.1, 0.15) is 48.4 Å². The van der Waals surface area contributed by atoms with Crippen LogP contribution < -0.4 is 9.47 Å². The van der Waals surface area contributed by atoms with Crippen LogP contribution >= 0.6 is 11.8 Å². The molecule has 4 aliphatic rings. The molecular formula is C27H22N4O12S. The van der Waals surface area contributed by atoms with Gasteiger partial charge in [0.1, 0.15) is 11.4 Å². The molecule has 0 bridgehead atoms. The third-order valence-corrected chi connectivity index (χ3v) is 9.44. The molecule has 4 heterocycles. The Balaban J connectivity index is 1.26. The Labute approximate surface area is 251 Å². The number of esters is 1. The minimum Gasteiger partial charge on any atom is -0.493 e. The molecule has 4 atom stereocenters. The maximum Gasteiger partial charge on any atom is 0.333 e. The summed E-state index contributed by atoms with van der Waals surface area (Å²) in [4.78, 5) is 98.0. The molecule has 5 amide bonds. The lowest BCUT2D eigenvalue weighted by molar-refractivity contribution is -0.779. The summed E-state index contributed by atoms with van der Waals surface area (Å²) in [5.74, 6) is -4.87. The highest BCUT2D eigenvalue weighted by Gasteiger charge is 2.66. The van der Waals surface area contributed by atoms with Gasteiger partial charge in [-0.05, 0) is 31.2 Å². The second kappa shape index (κ2) is 10.2. The third-order valence-electron chi connectivity index (χ3n) is 7.87. The number of hydrogen-bond acceptors (Lipinski definition) is 13. The van der Waals surface area contributed by atoms with Crippen molar-refractivity contribution in [3.05, 3.63) is 68.8 Å². The summed E-state index contributed by atoms with van der Waals surface area (Å²) in [6.07, 6.45) is 0. The lowest BCUT2D eigenvalue weighted by Crippen LogP contribution is -2.79. The topological polar surface area (TPSA) is 192 Å². The molecule has 2 saturated heterocycles. The zero-order chi connectivity index (χ0) is 31.7. The number of rotatable bonds is 8. The van der Waals surface area contributed by atoms with Crippen molar-refractivity contribution in [2.45, 2.75) is 30.0 Å².